The Kier molecular flexibility index (Phi) is 8.25. The summed E-state index contributed by atoms with van der Waals surface area (Å²) in [4.78, 5) is 37.9. The van der Waals surface area contributed by atoms with Crippen molar-refractivity contribution >= 4 is 33.1 Å². The van der Waals surface area contributed by atoms with Crippen molar-refractivity contribution in [2.24, 2.45) is 0 Å². The van der Waals surface area contributed by atoms with E-state index in [1.807, 2.05) is 0 Å². The lowest BCUT2D eigenvalue weighted by Gasteiger charge is -2.33. The number of methoxy groups -OCH3 is 1. The number of carbonyl (C=O) groups is 2. The molecule has 3 rings (SSSR count). The molecule has 11 nitrogen and oxygen atoms in total. The van der Waals surface area contributed by atoms with Crippen molar-refractivity contribution in [2.75, 3.05) is 43.7 Å². The van der Waals surface area contributed by atoms with Crippen molar-refractivity contribution in [1.29, 1.82) is 0 Å². The number of anilines is 1. The van der Waals surface area contributed by atoms with E-state index in [1.54, 1.807) is 4.90 Å². The first-order chi connectivity index (χ1) is 15.7. The van der Waals surface area contributed by atoms with Crippen LogP contribution in [0.4, 0.5) is 11.4 Å². The first kappa shape index (κ1) is 24.9. The van der Waals surface area contributed by atoms with Crippen LogP contribution >= 0.6 is 0 Å². The van der Waals surface area contributed by atoms with Gasteiger partial charge in [-0.1, -0.05) is 12.8 Å². The summed E-state index contributed by atoms with van der Waals surface area (Å²) in [6, 6.07) is 3.27. The Balaban J connectivity index is 1.73. The van der Waals surface area contributed by atoms with Gasteiger partial charge in [0.25, 0.3) is 11.6 Å². The maximum Gasteiger partial charge on any atom is 0.341 e. The maximum atomic E-state index is 13.0. The highest BCUT2D eigenvalue weighted by molar-refractivity contribution is 7.91. The number of hydrogen-bond acceptors (Lipinski definition) is 9. The number of non-ortho nitro benzene ring substituents is 1. The second-order valence-electron chi connectivity index (χ2n) is 8.28. The Labute approximate surface area is 192 Å². The van der Waals surface area contributed by atoms with Crippen LogP contribution < -0.4 is 5.32 Å². The number of carbonyl (C=O) groups excluding carboxylic acids is 2. The van der Waals surface area contributed by atoms with Gasteiger partial charge in [0, 0.05) is 43.6 Å². The number of rotatable bonds is 10. The van der Waals surface area contributed by atoms with Gasteiger partial charge in [0.2, 0.25) is 0 Å². The van der Waals surface area contributed by atoms with E-state index in [9.17, 15) is 28.1 Å². The van der Waals surface area contributed by atoms with Crippen LogP contribution in [0, 0.1) is 10.1 Å². The zero-order chi connectivity index (χ0) is 24.0. The van der Waals surface area contributed by atoms with E-state index in [1.165, 1.54) is 19.2 Å². The minimum absolute atomic E-state index is 0.0398. The largest absolute Gasteiger partial charge is 0.452 e. The number of nitrogens with one attached hydrogen (secondary N) is 1. The average molecular weight is 484 g/mol. The van der Waals surface area contributed by atoms with E-state index in [-0.39, 0.29) is 28.8 Å². The molecule has 0 aromatic heterocycles. The molecule has 0 bridgehead atoms. The van der Waals surface area contributed by atoms with Gasteiger partial charge >= 0.3 is 5.97 Å². The zero-order valence-corrected chi connectivity index (χ0v) is 19.3. The fourth-order valence-electron chi connectivity index (χ4n) is 4.42. The first-order valence-corrected chi connectivity index (χ1v) is 12.7. The third-order valence-corrected chi connectivity index (χ3v) is 7.74. The number of esters is 1. The summed E-state index contributed by atoms with van der Waals surface area (Å²) in [5.41, 5.74) is -0.0251. The molecule has 1 aliphatic heterocycles. The summed E-state index contributed by atoms with van der Waals surface area (Å²) >= 11 is 0. The summed E-state index contributed by atoms with van der Waals surface area (Å²) < 4.78 is 34.2. The van der Waals surface area contributed by atoms with E-state index in [2.05, 4.69) is 5.32 Å². The quantitative estimate of drug-likeness (QED) is 0.228. The predicted octanol–water partition coefficient (Wildman–Crippen LogP) is 1.77. The average Bonchev–Trinajstić information content (AvgIpc) is 3.42. The van der Waals surface area contributed by atoms with Crippen LogP contribution in [0.3, 0.4) is 0 Å². The van der Waals surface area contributed by atoms with Crippen molar-refractivity contribution in [3.8, 4) is 0 Å². The van der Waals surface area contributed by atoms with Gasteiger partial charge in [0.1, 0.15) is 0 Å². The lowest BCUT2D eigenvalue weighted by molar-refractivity contribution is -0.384. The van der Waals surface area contributed by atoms with Crippen molar-refractivity contribution in [3.63, 3.8) is 0 Å². The lowest BCUT2D eigenvalue weighted by Crippen LogP contribution is -2.48. The molecule has 1 heterocycles. The predicted molar refractivity (Wildman–Crippen MR) is 120 cm³/mol. The van der Waals surface area contributed by atoms with E-state index in [0.29, 0.717) is 25.3 Å². The molecule has 1 atom stereocenters. The summed E-state index contributed by atoms with van der Waals surface area (Å²) in [7, 11) is -1.67. The molecule has 0 radical (unpaired) electrons. The topological polar surface area (TPSA) is 145 Å². The molecule has 1 aromatic rings. The molecule has 1 unspecified atom stereocenters. The van der Waals surface area contributed by atoms with Crippen LogP contribution in [0.2, 0.25) is 0 Å². The van der Waals surface area contributed by atoms with Gasteiger partial charge in [-0.25, -0.2) is 13.2 Å². The summed E-state index contributed by atoms with van der Waals surface area (Å²) in [5.74, 6) is -1.37. The fraction of sp³-hybridized carbons (Fsp3) is 0.619. The number of nitro benzene ring substituents is 1. The Morgan fingerprint density at radius 1 is 1.21 bits per heavy atom. The number of benzene rings is 1. The zero-order valence-electron chi connectivity index (χ0n) is 18.5. The normalized spacial score (nSPS) is 19.8. The number of ether oxygens (including phenoxy) is 2. The van der Waals surface area contributed by atoms with Crippen molar-refractivity contribution < 1.29 is 32.4 Å². The van der Waals surface area contributed by atoms with Gasteiger partial charge in [0.05, 0.1) is 28.6 Å². The Bertz CT molecular complexity index is 991. The smallest absolute Gasteiger partial charge is 0.341 e. The number of sulfone groups is 1. The van der Waals surface area contributed by atoms with Crippen LogP contribution in [0.1, 0.15) is 42.5 Å². The molecular weight excluding hydrogens is 454 g/mol. The Morgan fingerprint density at radius 2 is 1.94 bits per heavy atom. The number of nitrogens with zero attached hydrogens (tertiary/aromatic N) is 2. The Morgan fingerprint density at radius 3 is 2.55 bits per heavy atom. The monoisotopic (exact) mass is 483 g/mol. The van der Waals surface area contributed by atoms with Gasteiger partial charge in [-0.05, 0) is 25.3 Å². The van der Waals surface area contributed by atoms with Gasteiger partial charge in [-0.3, -0.25) is 14.9 Å². The van der Waals surface area contributed by atoms with Crippen LogP contribution in [0.25, 0.3) is 0 Å². The second-order valence-corrected chi connectivity index (χ2v) is 10.5. The number of hydrogen-bond donors (Lipinski definition) is 1. The molecule has 12 heteroatoms. The van der Waals surface area contributed by atoms with Crippen LogP contribution in [-0.4, -0.2) is 80.6 Å². The molecule has 182 valence electrons. The molecule has 1 aliphatic carbocycles. The molecule has 1 N–H and O–H groups in total. The highest BCUT2D eigenvalue weighted by atomic mass is 32.2. The summed E-state index contributed by atoms with van der Waals surface area (Å²) in [5, 5.41) is 14.1. The molecular formula is C21H29N3O8S. The summed E-state index contributed by atoms with van der Waals surface area (Å²) in [6.45, 7) is 0.149. The standard InChI is InChI=1S/C21H29N3O8S/c1-31-10-9-22-19-7-6-16(24(27)28)12-18(19)21(26)32-13-20(25)23(15-4-2-3-5-15)17-8-11-33(29,30)14-17/h6-7,12,15,17,22H,2-5,8-11,13-14H2,1H3. The molecule has 2 aliphatic rings. The van der Waals surface area contributed by atoms with Gasteiger partial charge in [-0.15, -0.1) is 0 Å². The molecule has 2 fully saturated rings. The molecule has 33 heavy (non-hydrogen) atoms. The van der Waals surface area contributed by atoms with Gasteiger partial charge in [0.15, 0.2) is 16.4 Å². The maximum absolute atomic E-state index is 13.0. The van der Waals surface area contributed by atoms with E-state index in [0.717, 1.165) is 31.7 Å². The third-order valence-electron chi connectivity index (χ3n) is 5.99. The molecule has 1 aromatic carbocycles. The number of amides is 1. The van der Waals surface area contributed by atoms with Gasteiger partial charge < -0.3 is 19.7 Å². The highest BCUT2D eigenvalue weighted by Crippen LogP contribution is 2.29. The van der Waals surface area contributed by atoms with E-state index in [4.69, 9.17) is 9.47 Å². The SMILES string of the molecule is COCCNc1ccc([N+](=O)[O-])cc1C(=O)OCC(=O)N(C1CCCC1)C1CCS(=O)(=O)C1. The first-order valence-electron chi connectivity index (χ1n) is 10.9. The van der Waals surface area contributed by atoms with Crippen LogP contribution in [0.15, 0.2) is 18.2 Å². The number of nitro groups is 1. The van der Waals surface area contributed by atoms with Gasteiger partial charge in [-0.2, -0.15) is 0 Å². The molecule has 1 amide bonds. The van der Waals surface area contributed by atoms with Crippen molar-refractivity contribution in [1.82, 2.24) is 4.90 Å². The minimum atomic E-state index is -3.19. The van der Waals surface area contributed by atoms with Crippen LogP contribution in [0.5, 0.6) is 0 Å². The van der Waals surface area contributed by atoms with Crippen molar-refractivity contribution in [2.45, 2.75) is 44.2 Å². The fourth-order valence-corrected chi connectivity index (χ4v) is 6.13. The minimum Gasteiger partial charge on any atom is -0.452 e. The van der Waals surface area contributed by atoms with E-state index >= 15 is 0 Å². The second kappa shape index (κ2) is 10.9. The molecule has 1 saturated heterocycles. The summed E-state index contributed by atoms with van der Waals surface area (Å²) in [6.07, 6.45) is 3.86. The Hall–Kier alpha value is -2.73. The third kappa shape index (κ3) is 6.41. The molecule has 0 spiro atoms. The highest BCUT2D eigenvalue weighted by Gasteiger charge is 2.39. The lowest BCUT2D eigenvalue weighted by atomic mass is 10.1. The molecule has 1 saturated carbocycles. The van der Waals surface area contributed by atoms with Crippen molar-refractivity contribution in [3.05, 3.63) is 33.9 Å². The van der Waals surface area contributed by atoms with E-state index < -0.39 is 39.3 Å². The van der Waals surface area contributed by atoms with Crippen LogP contribution in [-0.2, 0) is 24.1 Å².